The van der Waals surface area contributed by atoms with Crippen molar-refractivity contribution in [3.8, 4) is 34.0 Å². The Bertz CT molecular complexity index is 1420. The number of rotatable bonds is 6. The second-order valence-corrected chi connectivity index (χ2v) is 8.49. The van der Waals surface area contributed by atoms with E-state index >= 15 is 0 Å². The van der Waals surface area contributed by atoms with Crippen LogP contribution in [0.1, 0.15) is 30.5 Å². The van der Waals surface area contributed by atoms with Gasteiger partial charge in [0.2, 0.25) is 0 Å². The lowest BCUT2D eigenvalue weighted by molar-refractivity contribution is 0.621. The van der Waals surface area contributed by atoms with Crippen LogP contribution < -0.4 is 5.56 Å². The molecule has 0 amide bonds. The SMILES string of the molecule is Cn1cc(-c2cnn(-c3cccc(F)c3C#N)c2)c(-c2ccc(CCC3CC3)nc2)cc1=O. The van der Waals surface area contributed by atoms with E-state index in [-0.39, 0.29) is 11.1 Å². The molecule has 1 aliphatic carbocycles. The molecule has 33 heavy (non-hydrogen) atoms. The summed E-state index contributed by atoms with van der Waals surface area (Å²) in [6.07, 6.45) is 11.7. The fourth-order valence-corrected chi connectivity index (χ4v) is 4.00. The lowest BCUT2D eigenvalue weighted by Crippen LogP contribution is -2.15. The van der Waals surface area contributed by atoms with Crippen molar-refractivity contribution >= 4 is 0 Å². The number of nitrogens with zero attached hydrogens (tertiary/aromatic N) is 5. The summed E-state index contributed by atoms with van der Waals surface area (Å²) >= 11 is 0. The van der Waals surface area contributed by atoms with Crippen LogP contribution in [-0.2, 0) is 13.5 Å². The molecule has 6 nitrogen and oxygen atoms in total. The summed E-state index contributed by atoms with van der Waals surface area (Å²) in [5.74, 6) is 0.258. The second kappa shape index (κ2) is 8.47. The fraction of sp³-hybridized carbons (Fsp3) is 0.231. The lowest BCUT2D eigenvalue weighted by Gasteiger charge is -2.11. The zero-order valence-corrected chi connectivity index (χ0v) is 18.2. The summed E-state index contributed by atoms with van der Waals surface area (Å²) in [4.78, 5) is 17.1. The Morgan fingerprint density at radius 1 is 1.12 bits per heavy atom. The summed E-state index contributed by atoms with van der Waals surface area (Å²) in [5, 5.41) is 13.7. The van der Waals surface area contributed by atoms with Crippen molar-refractivity contribution in [1.29, 1.82) is 5.26 Å². The molecule has 3 heterocycles. The normalized spacial score (nSPS) is 13.1. The van der Waals surface area contributed by atoms with Gasteiger partial charge in [0.1, 0.15) is 17.4 Å². The first-order chi connectivity index (χ1) is 16.0. The van der Waals surface area contributed by atoms with Gasteiger partial charge in [-0.15, -0.1) is 0 Å². The molecule has 1 saturated carbocycles. The van der Waals surface area contributed by atoms with Crippen LogP contribution in [0.4, 0.5) is 4.39 Å². The maximum absolute atomic E-state index is 14.1. The molecule has 0 radical (unpaired) electrons. The smallest absolute Gasteiger partial charge is 0.250 e. The van der Waals surface area contributed by atoms with Crippen LogP contribution >= 0.6 is 0 Å². The van der Waals surface area contributed by atoms with Crippen LogP contribution in [0.5, 0.6) is 0 Å². The van der Waals surface area contributed by atoms with E-state index in [9.17, 15) is 14.4 Å². The van der Waals surface area contributed by atoms with Gasteiger partial charge < -0.3 is 4.57 Å². The van der Waals surface area contributed by atoms with Crippen molar-refractivity contribution in [1.82, 2.24) is 19.3 Å². The van der Waals surface area contributed by atoms with Crippen LogP contribution in [-0.4, -0.2) is 19.3 Å². The highest BCUT2D eigenvalue weighted by molar-refractivity contribution is 5.82. The van der Waals surface area contributed by atoms with Gasteiger partial charge in [-0.3, -0.25) is 9.78 Å². The van der Waals surface area contributed by atoms with E-state index in [1.807, 2.05) is 24.4 Å². The number of hydrogen-bond donors (Lipinski definition) is 0. The predicted octanol–water partition coefficient (Wildman–Crippen LogP) is 4.65. The van der Waals surface area contributed by atoms with Crippen molar-refractivity contribution in [2.45, 2.75) is 25.7 Å². The molecule has 0 unspecified atom stereocenters. The highest BCUT2D eigenvalue weighted by Crippen LogP contribution is 2.34. The van der Waals surface area contributed by atoms with E-state index in [4.69, 9.17) is 0 Å². The number of benzene rings is 1. The van der Waals surface area contributed by atoms with Gasteiger partial charge in [-0.05, 0) is 42.5 Å². The molecule has 3 aromatic heterocycles. The predicted molar refractivity (Wildman–Crippen MR) is 123 cm³/mol. The third-order valence-electron chi connectivity index (χ3n) is 6.11. The van der Waals surface area contributed by atoms with E-state index in [2.05, 4.69) is 10.1 Å². The minimum Gasteiger partial charge on any atom is -0.318 e. The molecule has 1 fully saturated rings. The number of halogens is 1. The van der Waals surface area contributed by atoms with E-state index in [0.717, 1.165) is 40.3 Å². The Morgan fingerprint density at radius 3 is 2.70 bits per heavy atom. The minimum atomic E-state index is -0.595. The highest BCUT2D eigenvalue weighted by Gasteiger charge is 2.21. The minimum absolute atomic E-state index is 0.0705. The van der Waals surface area contributed by atoms with Crippen molar-refractivity contribution < 1.29 is 4.39 Å². The third kappa shape index (κ3) is 4.20. The summed E-state index contributed by atoms with van der Waals surface area (Å²) in [7, 11) is 1.69. The average Bonchev–Trinajstić information content (AvgIpc) is 3.53. The van der Waals surface area contributed by atoms with E-state index < -0.39 is 5.82 Å². The molecule has 1 aromatic carbocycles. The summed E-state index contributed by atoms with van der Waals surface area (Å²) < 4.78 is 17.1. The molecule has 164 valence electrons. The van der Waals surface area contributed by atoms with Crippen LogP contribution in [0.15, 0.2) is 66.0 Å². The molecule has 1 aliphatic rings. The Labute approximate surface area is 190 Å². The zero-order chi connectivity index (χ0) is 22.9. The molecule has 5 rings (SSSR count). The number of aryl methyl sites for hydroxylation is 2. The summed E-state index contributed by atoms with van der Waals surface area (Å²) in [6, 6.07) is 12.0. The van der Waals surface area contributed by atoms with Gasteiger partial charge in [0.15, 0.2) is 0 Å². The Hall–Kier alpha value is -4.05. The van der Waals surface area contributed by atoms with Crippen molar-refractivity contribution in [2.75, 3.05) is 0 Å². The zero-order valence-electron chi connectivity index (χ0n) is 18.2. The molecule has 0 saturated heterocycles. The van der Waals surface area contributed by atoms with E-state index in [1.54, 1.807) is 43.8 Å². The van der Waals surface area contributed by atoms with Gasteiger partial charge in [-0.25, -0.2) is 9.07 Å². The molecular formula is C26H22FN5O. The Morgan fingerprint density at radius 2 is 1.97 bits per heavy atom. The first-order valence-corrected chi connectivity index (χ1v) is 10.9. The second-order valence-electron chi connectivity index (χ2n) is 8.49. The standard InChI is InChI=1S/C26H22FN5O/c1-31-16-23(19-14-30-32(15-19)25-4-2-3-24(27)22(25)12-28)21(11-26(31)33)18-8-10-20(29-13-18)9-7-17-5-6-17/h2-4,8,10-11,13-17H,5-7,9H2,1H3. The fourth-order valence-electron chi connectivity index (χ4n) is 4.00. The largest absolute Gasteiger partial charge is 0.318 e. The van der Waals surface area contributed by atoms with Gasteiger partial charge in [-0.1, -0.05) is 25.0 Å². The number of nitriles is 1. The van der Waals surface area contributed by atoms with E-state index in [0.29, 0.717) is 5.69 Å². The Balaban J connectivity index is 1.53. The van der Waals surface area contributed by atoms with Gasteiger partial charge in [0.05, 0.1) is 11.9 Å². The average molecular weight is 439 g/mol. The summed E-state index contributed by atoms with van der Waals surface area (Å²) in [5.41, 5.74) is 4.34. The molecule has 7 heteroatoms. The molecule has 0 spiro atoms. The van der Waals surface area contributed by atoms with Crippen molar-refractivity contribution in [2.24, 2.45) is 13.0 Å². The van der Waals surface area contributed by atoms with Crippen molar-refractivity contribution in [3.63, 3.8) is 0 Å². The van der Waals surface area contributed by atoms with Gasteiger partial charge in [0, 0.05) is 54.1 Å². The van der Waals surface area contributed by atoms with Crippen LogP contribution in [0.3, 0.4) is 0 Å². The number of pyridine rings is 2. The molecule has 4 aromatic rings. The van der Waals surface area contributed by atoms with Crippen LogP contribution in [0, 0.1) is 23.1 Å². The third-order valence-corrected chi connectivity index (χ3v) is 6.11. The lowest BCUT2D eigenvalue weighted by atomic mass is 9.99. The van der Waals surface area contributed by atoms with Gasteiger partial charge in [-0.2, -0.15) is 10.4 Å². The molecule has 0 aliphatic heterocycles. The maximum Gasteiger partial charge on any atom is 0.250 e. The highest BCUT2D eigenvalue weighted by atomic mass is 19.1. The molecule has 0 atom stereocenters. The first-order valence-electron chi connectivity index (χ1n) is 10.9. The monoisotopic (exact) mass is 439 g/mol. The molecule has 0 N–H and O–H groups in total. The van der Waals surface area contributed by atoms with E-state index in [1.165, 1.54) is 34.6 Å². The molecule has 0 bridgehead atoms. The number of aromatic nitrogens is 4. The summed E-state index contributed by atoms with van der Waals surface area (Å²) in [6.45, 7) is 0. The van der Waals surface area contributed by atoms with Crippen LogP contribution in [0.2, 0.25) is 0 Å². The van der Waals surface area contributed by atoms with Crippen molar-refractivity contribution in [3.05, 3.63) is 88.6 Å². The molecular weight excluding hydrogens is 417 g/mol. The topological polar surface area (TPSA) is 76.5 Å². The van der Waals surface area contributed by atoms with Crippen LogP contribution in [0.25, 0.3) is 27.9 Å². The maximum atomic E-state index is 14.1. The van der Waals surface area contributed by atoms with Gasteiger partial charge >= 0.3 is 0 Å². The first kappa shape index (κ1) is 20.8. The Kier molecular flexibility index (Phi) is 5.35. The number of hydrogen-bond acceptors (Lipinski definition) is 4. The van der Waals surface area contributed by atoms with Gasteiger partial charge in [0.25, 0.3) is 5.56 Å². The quantitative estimate of drug-likeness (QED) is 0.438.